The molecule has 1 saturated heterocycles. The Hall–Kier alpha value is -3.10. The highest BCUT2D eigenvalue weighted by molar-refractivity contribution is 7.09. The van der Waals surface area contributed by atoms with Crippen molar-refractivity contribution >= 4 is 28.8 Å². The van der Waals surface area contributed by atoms with Gasteiger partial charge in [0.15, 0.2) is 0 Å². The van der Waals surface area contributed by atoms with Crippen molar-refractivity contribution in [2.24, 2.45) is 0 Å². The summed E-state index contributed by atoms with van der Waals surface area (Å²) in [6.45, 7) is 4.69. The first-order valence-electron chi connectivity index (χ1n) is 11.3. The second kappa shape index (κ2) is 9.64. The number of likely N-dealkylation sites (tertiary alicyclic amines) is 1. The zero-order valence-electron chi connectivity index (χ0n) is 18.9. The van der Waals surface area contributed by atoms with E-state index in [9.17, 15) is 4.79 Å². The molecule has 0 N–H and O–H groups in total. The summed E-state index contributed by atoms with van der Waals surface area (Å²) in [7, 11) is 0. The normalized spacial score (nSPS) is 16.7. The Morgan fingerprint density at radius 3 is 2.82 bits per heavy atom. The van der Waals surface area contributed by atoms with Gasteiger partial charge in [-0.15, -0.1) is 21.5 Å². The third-order valence-electron chi connectivity index (χ3n) is 5.94. The number of aryl methyl sites for hydroxylation is 1. The number of nitrogens with zero attached hydrogens (tertiary/aromatic N) is 5. The molecule has 0 bridgehead atoms. The topological polar surface area (TPSA) is 85.0 Å². The standard InChI is InChI=1S/C25H24ClN5O2S/c1-15(11-17-7-4-3-5-8-17)22-29-30-23(33-22)19-12-18(13-21(26)28-19)25(32)31-10-6-9-20(31)24-27-16(2)14-34-24/h3-5,7-8,12-15,20H,6,9-11H2,1-2H3/t15-,20+/m0/s1. The predicted molar refractivity (Wildman–Crippen MR) is 131 cm³/mol. The molecule has 1 aliphatic rings. The average molecular weight is 494 g/mol. The lowest BCUT2D eigenvalue weighted by molar-refractivity contribution is 0.0735. The molecule has 3 aromatic heterocycles. The molecule has 2 atom stereocenters. The van der Waals surface area contributed by atoms with E-state index >= 15 is 0 Å². The number of hydrogen-bond acceptors (Lipinski definition) is 7. The van der Waals surface area contributed by atoms with E-state index in [0.29, 0.717) is 23.7 Å². The molecule has 0 saturated carbocycles. The van der Waals surface area contributed by atoms with Crippen molar-refractivity contribution in [1.82, 2.24) is 25.1 Å². The van der Waals surface area contributed by atoms with Gasteiger partial charge in [0.1, 0.15) is 15.9 Å². The molecule has 0 radical (unpaired) electrons. The minimum absolute atomic E-state index is 0.0181. The van der Waals surface area contributed by atoms with E-state index in [1.165, 1.54) is 5.56 Å². The van der Waals surface area contributed by atoms with E-state index in [1.807, 2.05) is 42.3 Å². The van der Waals surface area contributed by atoms with Crippen LogP contribution < -0.4 is 0 Å². The van der Waals surface area contributed by atoms with Crippen LogP contribution in [0.5, 0.6) is 0 Å². The van der Waals surface area contributed by atoms with E-state index in [1.54, 1.807) is 23.5 Å². The number of halogens is 1. The van der Waals surface area contributed by atoms with Crippen LogP contribution in [-0.4, -0.2) is 37.5 Å². The van der Waals surface area contributed by atoms with E-state index in [4.69, 9.17) is 16.0 Å². The van der Waals surface area contributed by atoms with E-state index in [2.05, 4.69) is 32.3 Å². The number of rotatable bonds is 6. The van der Waals surface area contributed by atoms with Crippen molar-refractivity contribution in [2.75, 3.05) is 6.54 Å². The second-order valence-electron chi connectivity index (χ2n) is 8.58. The Bertz CT molecular complexity index is 1310. The zero-order valence-corrected chi connectivity index (χ0v) is 20.5. The molecule has 34 heavy (non-hydrogen) atoms. The molecule has 5 rings (SSSR count). The minimum Gasteiger partial charge on any atom is -0.419 e. The number of carbonyl (C=O) groups is 1. The number of amides is 1. The van der Waals surface area contributed by atoms with Crippen molar-refractivity contribution in [2.45, 2.75) is 45.1 Å². The Morgan fingerprint density at radius 1 is 1.24 bits per heavy atom. The van der Waals surface area contributed by atoms with Crippen LogP contribution in [0.25, 0.3) is 11.6 Å². The van der Waals surface area contributed by atoms with Crippen LogP contribution in [-0.2, 0) is 6.42 Å². The fourth-order valence-corrected chi connectivity index (χ4v) is 5.43. The SMILES string of the molecule is Cc1csc([C@H]2CCCN2C(=O)c2cc(Cl)nc(-c3nnc([C@@H](C)Cc4ccccc4)o3)c2)n1. The molecule has 174 valence electrons. The van der Waals surface area contributed by atoms with Crippen LogP contribution >= 0.6 is 22.9 Å². The van der Waals surface area contributed by atoms with Crippen LogP contribution in [0.15, 0.2) is 52.3 Å². The van der Waals surface area contributed by atoms with Gasteiger partial charge in [0.25, 0.3) is 11.8 Å². The summed E-state index contributed by atoms with van der Waals surface area (Å²) in [4.78, 5) is 24.3. The molecule has 1 aliphatic heterocycles. The quantitative estimate of drug-likeness (QED) is 0.312. The third kappa shape index (κ3) is 4.74. The van der Waals surface area contributed by atoms with Gasteiger partial charge in [-0.2, -0.15) is 0 Å². The van der Waals surface area contributed by atoms with Crippen molar-refractivity contribution in [1.29, 1.82) is 0 Å². The highest BCUT2D eigenvalue weighted by Crippen LogP contribution is 2.35. The maximum Gasteiger partial charge on any atom is 0.266 e. The number of hydrogen-bond donors (Lipinski definition) is 0. The minimum atomic E-state index is -0.0990. The van der Waals surface area contributed by atoms with Gasteiger partial charge in [-0.1, -0.05) is 48.9 Å². The first kappa shape index (κ1) is 22.7. The van der Waals surface area contributed by atoms with Crippen LogP contribution in [0.3, 0.4) is 0 Å². The van der Waals surface area contributed by atoms with Crippen LogP contribution in [0.1, 0.15) is 64.2 Å². The average Bonchev–Trinajstić information content (AvgIpc) is 3.59. The predicted octanol–water partition coefficient (Wildman–Crippen LogP) is 5.87. The molecule has 0 aliphatic carbocycles. The van der Waals surface area contributed by atoms with Crippen molar-refractivity contribution in [3.05, 3.63) is 80.7 Å². The first-order valence-corrected chi connectivity index (χ1v) is 12.5. The number of carbonyl (C=O) groups excluding carboxylic acids is 1. The van der Waals surface area contributed by atoms with Crippen molar-refractivity contribution in [3.8, 4) is 11.6 Å². The highest BCUT2D eigenvalue weighted by atomic mass is 35.5. The van der Waals surface area contributed by atoms with Gasteiger partial charge in [0.2, 0.25) is 5.89 Å². The fourth-order valence-electron chi connectivity index (χ4n) is 4.28. The van der Waals surface area contributed by atoms with E-state index in [0.717, 1.165) is 30.0 Å². The third-order valence-corrected chi connectivity index (χ3v) is 7.20. The Kier molecular flexibility index (Phi) is 6.43. The lowest BCUT2D eigenvalue weighted by Crippen LogP contribution is -2.30. The molecule has 0 spiro atoms. The lowest BCUT2D eigenvalue weighted by Gasteiger charge is -2.23. The number of thiazole rings is 1. The van der Waals surface area contributed by atoms with Crippen LogP contribution in [0.2, 0.25) is 5.15 Å². The summed E-state index contributed by atoms with van der Waals surface area (Å²) in [5.74, 6) is 0.710. The lowest BCUT2D eigenvalue weighted by atomic mass is 10.0. The van der Waals surface area contributed by atoms with Gasteiger partial charge >= 0.3 is 0 Å². The second-order valence-corrected chi connectivity index (χ2v) is 9.86. The number of aromatic nitrogens is 4. The fraction of sp³-hybridized carbons (Fsp3) is 0.320. The summed E-state index contributed by atoms with van der Waals surface area (Å²) in [6, 6.07) is 13.4. The Balaban J connectivity index is 1.37. The van der Waals surface area contributed by atoms with Gasteiger partial charge in [0, 0.05) is 29.1 Å². The van der Waals surface area contributed by atoms with Gasteiger partial charge in [-0.3, -0.25) is 4.79 Å². The molecule has 4 heterocycles. The molecule has 7 nitrogen and oxygen atoms in total. The van der Waals surface area contributed by atoms with Gasteiger partial charge in [-0.05, 0) is 43.9 Å². The summed E-state index contributed by atoms with van der Waals surface area (Å²) in [5, 5.41) is 11.6. The first-order chi connectivity index (χ1) is 16.5. The van der Waals surface area contributed by atoms with Crippen LogP contribution in [0.4, 0.5) is 0 Å². The largest absolute Gasteiger partial charge is 0.419 e. The Labute approximate surface area is 206 Å². The molecule has 1 fully saturated rings. The summed E-state index contributed by atoms with van der Waals surface area (Å²) < 4.78 is 5.94. The summed E-state index contributed by atoms with van der Waals surface area (Å²) >= 11 is 7.90. The molecule has 9 heteroatoms. The Morgan fingerprint density at radius 2 is 2.06 bits per heavy atom. The van der Waals surface area contributed by atoms with E-state index < -0.39 is 0 Å². The van der Waals surface area contributed by atoms with E-state index in [-0.39, 0.29) is 28.9 Å². The van der Waals surface area contributed by atoms with Gasteiger partial charge < -0.3 is 9.32 Å². The zero-order chi connectivity index (χ0) is 23.7. The molecule has 1 aromatic carbocycles. The smallest absolute Gasteiger partial charge is 0.266 e. The summed E-state index contributed by atoms with van der Waals surface area (Å²) in [6.07, 6.45) is 2.62. The summed E-state index contributed by atoms with van der Waals surface area (Å²) in [5.41, 5.74) is 3.01. The number of pyridine rings is 1. The van der Waals surface area contributed by atoms with Gasteiger partial charge in [-0.25, -0.2) is 9.97 Å². The monoisotopic (exact) mass is 493 g/mol. The molecule has 0 unspecified atom stereocenters. The van der Waals surface area contributed by atoms with Gasteiger partial charge in [0.05, 0.1) is 6.04 Å². The molecular formula is C25H24ClN5O2S. The molecule has 1 amide bonds. The molecular weight excluding hydrogens is 470 g/mol. The van der Waals surface area contributed by atoms with Crippen molar-refractivity contribution < 1.29 is 9.21 Å². The maximum atomic E-state index is 13.4. The molecule has 4 aromatic rings. The van der Waals surface area contributed by atoms with Crippen molar-refractivity contribution in [3.63, 3.8) is 0 Å². The maximum absolute atomic E-state index is 13.4. The van der Waals surface area contributed by atoms with Crippen LogP contribution in [0, 0.1) is 6.92 Å². The number of benzene rings is 1. The highest BCUT2D eigenvalue weighted by Gasteiger charge is 2.33.